The van der Waals surface area contributed by atoms with Crippen molar-refractivity contribution in [2.24, 2.45) is 5.92 Å². The van der Waals surface area contributed by atoms with Gasteiger partial charge in [-0.3, -0.25) is 0 Å². The van der Waals surface area contributed by atoms with Crippen molar-refractivity contribution in [3.63, 3.8) is 0 Å². The average Bonchev–Trinajstić information content (AvgIpc) is 3.11. The molecule has 1 aliphatic heterocycles. The summed E-state index contributed by atoms with van der Waals surface area (Å²) in [5.74, 6) is 0.883. The van der Waals surface area contributed by atoms with Crippen LogP contribution in [0.2, 0.25) is 0 Å². The Labute approximate surface area is 124 Å². The lowest BCUT2D eigenvalue weighted by molar-refractivity contribution is 0.0751. The van der Waals surface area contributed by atoms with Crippen LogP contribution in [-0.4, -0.2) is 19.3 Å². The second-order valence-corrected chi connectivity index (χ2v) is 5.61. The molecule has 1 aliphatic rings. The second-order valence-electron chi connectivity index (χ2n) is 5.61. The molecule has 114 valence electrons. The molecule has 1 aromatic carbocycles. The minimum atomic E-state index is -0.302. The van der Waals surface area contributed by atoms with Crippen LogP contribution in [0.3, 0.4) is 0 Å². The van der Waals surface area contributed by atoms with E-state index in [1.165, 1.54) is 6.07 Å². The van der Waals surface area contributed by atoms with Crippen LogP contribution in [0.4, 0.5) is 4.39 Å². The Morgan fingerprint density at radius 2 is 2.24 bits per heavy atom. The summed E-state index contributed by atoms with van der Waals surface area (Å²) in [4.78, 5) is 0. The molecule has 1 aromatic heterocycles. The standard InChI is InChI=1S/C17H22FNO2/c1-3-14-12(8-9-20-14)16(19-4-2)15-10-11-6-5-7-13(18)17(11)21-15/h5-7,10,12,14,16,19H,3-4,8-9H2,1-2H3. The first-order valence-electron chi connectivity index (χ1n) is 7.77. The molecule has 1 fully saturated rings. The van der Waals surface area contributed by atoms with Crippen molar-refractivity contribution in [3.8, 4) is 0 Å². The molecule has 0 aliphatic carbocycles. The number of rotatable bonds is 5. The van der Waals surface area contributed by atoms with Gasteiger partial charge in [-0.05, 0) is 31.5 Å². The smallest absolute Gasteiger partial charge is 0.169 e. The van der Waals surface area contributed by atoms with Gasteiger partial charge in [-0.25, -0.2) is 4.39 Å². The average molecular weight is 291 g/mol. The molecule has 0 radical (unpaired) electrons. The number of hydrogen-bond acceptors (Lipinski definition) is 3. The zero-order valence-corrected chi connectivity index (χ0v) is 12.6. The van der Waals surface area contributed by atoms with Crippen molar-refractivity contribution in [1.82, 2.24) is 5.32 Å². The van der Waals surface area contributed by atoms with Crippen LogP contribution in [0.5, 0.6) is 0 Å². The zero-order chi connectivity index (χ0) is 14.8. The summed E-state index contributed by atoms with van der Waals surface area (Å²) in [5.41, 5.74) is 0.349. The minimum Gasteiger partial charge on any atom is -0.456 e. The number of para-hydroxylation sites is 1. The molecule has 4 heteroatoms. The maximum absolute atomic E-state index is 13.8. The zero-order valence-electron chi connectivity index (χ0n) is 12.6. The first-order valence-corrected chi connectivity index (χ1v) is 7.77. The number of ether oxygens (including phenoxy) is 1. The molecule has 0 amide bonds. The lowest BCUT2D eigenvalue weighted by atomic mass is 9.89. The number of benzene rings is 1. The first-order chi connectivity index (χ1) is 10.2. The predicted molar refractivity (Wildman–Crippen MR) is 80.7 cm³/mol. The Kier molecular flexibility index (Phi) is 4.27. The monoisotopic (exact) mass is 291 g/mol. The van der Waals surface area contributed by atoms with Gasteiger partial charge in [0.05, 0.1) is 12.1 Å². The summed E-state index contributed by atoms with van der Waals surface area (Å²) in [6.45, 7) is 5.86. The Hall–Kier alpha value is -1.39. The number of halogens is 1. The molecule has 0 spiro atoms. The third kappa shape index (κ3) is 2.70. The fraction of sp³-hybridized carbons (Fsp3) is 0.529. The van der Waals surface area contributed by atoms with Crippen molar-refractivity contribution in [1.29, 1.82) is 0 Å². The van der Waals surface area contributed by atoms with E-state index in [-0.39, 0.29) is 18.0 Å². The van der Waals surface area contributed by atoms with Gasteiger partial charge in [0.15, 0.2) is 11.4 Å². The molecule has 3 nitrogen and oxygen atoms in total. The Bertz CT molecular complexity index is 610. The van der Waals surface area contributed by atoms with Crippen LogP contribution in [0.25, 0.3) is 11.0 Å². The largest absolute Gasteiger partial charge is 0.456 e. The van der Waals surface area contributed by atoms with E-state index in [4.69, 9.17) is 9.15 Å². The summed E-state index contributed by atoms with van der Waals surface area (Å²) in [6, 6.07) is 7.07. The van der Waals surface area contributed by atoms with E-state index in [0.717, 1.165) is 37.1 Å². The van der Waals surface area contributed by atoms with Gasteiger partial charge in [0.2, 0.25) is 0 Å². The van der Waals surface area contributed by atoms with Gasteiger partial charge in [0.25, 0.3) is 0 Å². The number of hydrogen-bond donors (Lipinski definition) is 1. The maximum atomic E-state index is 13.8. The highest BCUT2D eigenvalue weighted by molar-refractivity contribution is 5.78. The molecule has 21 heavy (non-hydrogen) atoms. The molecule has 1 saturated heterocycles. The molecule has 1 N–H and O–H groups in total. The van der Waals surface area contributed by atoms with Crippen molar-refractivity contribution in [3.05, 3.63) is 35.8 Å². The van der Waals surface area contributed by atoms with Crippen LogP contribution >= 0.6 is 0 Å². The summed E-state index contributed by atoms with van der Waals surface area (Å²) < 4.78 is 25.5. The van der Waals surface area contributed by atoms with Gasteiger partial charge in [0, 0.05) is 17.9 Å². The SMILES string of the molecule is CCNC(c1cc2cccc(F)c2o1)C1CCOC1CC. The van der Waals surface area contributed by atoms with Crippen LogP contribution < -0.4 is 5.32 Å². The van der Waals surface area contributed by atoms with E-state index in [0.29, 0.717) is 11.5 Å². The van der Waals surface area contributed by atoms with E-state index in [1.807, 2.05) is 12.1 Å². The van der Waals surface area contributed by atoms with Gasteiger partial charge >= 0.3 is 0 Å². The number of fused-ring (bicyclic) bond motifs is 1. The van der Waals surface area contributed by atoms with Crippen LogP contribution in [-0.2, 0) is 4.74 Å². The molecule has 0 bridgehead atoms. The van der Waals surface area contributed by atoms with Gasteiger partial charge in [-0.1, -0.05) is 26.0 Å². The summed E-state index contributed by atoms with van der Waals surface area (Å²) in [5, 5.41) is 4.31. The summed E-state index contributed by atoms with van der Waals surface area (Å²) >= 11 is 0. The Morgan fingerprint density at radius 1 is 1.38 bits per heavy atom. The molecule has 3 unspecified atom stereocenters. The fourth-order valence-electron chi connectivity index (χ4n) is 3.35. The molecular weight excluding hydrogens is 269 g/mol. The number of nitrogens with one attached hydrogen (secondary N) is 1. The minimum absolute atomic E-state index is 0.0780. The van der Waals surface area contributed by atoms with Crippen molar-refractivity contribution in [2.45, 2.75) is 38.8 Å². The van der Waals surface area contributed by atoms with Crippen molar-refractivity contribution < 1.29 is 13.5 Å². The van der Waals surface area contributed by atoms with Gasteiger partial charge < -0.3 is 14.5 Å². The molecular formula is C17H22FNO2. The van der Waals surface area contributed by atoms with Crippen LogP contribution in [0.1, 0.15) is 38.5 Å². The van der Waals surface area contributed by atoms with Gasteiger partial charge in [-0.2, -0.15) is 0 Å². The lowest BCUT2D eigenvalue weighted by Gasteiger charge is -2.26. The third-order valence-electron chi connectivity index (χ3n) is 4.34. The van der Waals surface area contributed by atoms with E-state index >= 15 is 0 Å². The van der Waals surface area contributed by atoms with Crippen LogP contribution in [0, 0.1) is 11.7 Å². The Morgan fingerprint density at radius 3 is 2.95 bits per heavy atom. The number of furan rings is 1. The molecule has 3 rings (SSSR count). The quantitative estimate of drug-likeness (QED) is 0.903. The van der Waals surface area contributed by atoms with E-state index in [2.05, 4.69) is 19.2 Å². The lowest BCUT2D eigenvalue weighted by Crippen LogP contribution is -2.32. The first kappa shape index (κ1) is 14.5. The van der Waals surface area contributed by atoms with Crippen molar-refractivity contribution in [2.75, 3.05) is 13.2 Å². The van der Waals surface area contributed by atoms with Crippen molar-refractivity contribution >= 4 is 11.0 Å². The molecule has 3 atom stereocenters. The maximum Gasteiger partial charge on any atom is 0.169 e. The normalized spacial score (nSPS) is 23.8. The highest BCUT2D eigenvalue weighted by Crippen LogP contribution is 2.37. The second kappa shape index (κ2) is 6.16. The molecule has 2 heterocycles. The highest BCUT2D eigenvalue weighted by atomic mass is 19.1. The molecule has 0 saturated carbocycles. The highest BCUT2D eigenvalue weighted by Gasteiger charge is 2.35. The third-order valence-corrected chi connectivity index (χ3v) is 4.34. The van der Waals surface area contributed by atoms with Crippen LogP contribution in [0.15, 0.2) is 28.7 Å². The van der Waals surface area contributed by atoms with E-state index < -0.39 is 0 Å². The van der Waals surface area contributed by atoms with E-state index in [1.54, 1.807) is 6.07 Å². The predicted octanol–water partition coefficient (Wildman–Crippen LogP) is 4.04. The Balaban J connectivity index is 1.97. The van der Waals surface area contributed by atoms with Gasteiger partial charge in [0.1, 0.15) is 5.76 Å². The van der Waals surface area contributed by atoms with Gasteiger partial charge in [-0.15, -0.1) is 0 Å². The fourth-order valence-corrected chi connectivity index (χ4v) is 3.35. The van der Waals surface area contributed by atoms with E-state index in [9.17, 15) is 4.39 Å². The topological polar surface area (TPSA) is 34.4 Å². The molecule has 2 aromatic rings. The summed E-state index contributed by atoms with van der Waals surface area (Å²) in [7, 11) is 0. The summed E-state index contributed by atoms with van der Waals surface area (Å²) in [6.07, 6.45) is 2.24.